The molecule has 1 atom stereocenters. The van der Waals surface area contributed by atoms with Crippen LogP contribution in [-0.4, -0.2) is 52.1 Å². The number of nitrogens with zero attached hydrogens (tertiary/aromatic N) is 4. The topological polar surface area (TPSA) is 36.3 Å². The number of aryl methyl sites for hydroxylation is 1. The standard InChI is InChI=1S/C29H35N5P.ClH/c1-4-32-20-22-33(23-21-32)35(28-18-12-7-13-19-28,31-26-14-8-5-9-15-26)29-24(2)30-34(25(29)3)27-16-10-6-11-17-27;/h5-19,31H,4,20-23H2,1-3H3;1H/q+1;/p-1. The van der Waals surface area contributed by atoms with Crippen molar-refractivity contribution in [2.75, 3.05) is 37.8 Å². The van der Waals surface area contributed by atoms with E-state index in [1.165, 1.54) is 16.3 Å². The van der Waals surface area contributed by atoms with Crippen LogP contribution in [0.25, 0.3) is 5.69 Å². The van der Waals surface area contributed by atoms with Gasteiger partial charge in [0.25, 0.3) is 0 Å². The molecular weight excluding hydrogens is 485 g/mol. The Kier molecular flexibility index (Phi) is 8.48. The zero-order valence-corrected chi connectivity index (χ0v) is 23.0. The van der Waals surface area contributed by atoms with E-state index in [4.69, 9.17) is 5.10 Å². The Bertz CT molecular complexity index is 1240. The van der Waals surface area contributed by atoms with E-state index in [-0.39, 0.29) is 12.4 Å². The number of anilines is 1. The van der Waals surface area contributed by atoms with E-state index in [0.717, 1.165) is 49.8 Å². The molecule has 0 saturated carbocycles. The fraction of sp³-hybridized carbons (Fsp3) is 0.276. The van der Waals surface area contributed by atoms with E-state index in [1.54, 1.807) is 0 Å². The quantitative estimate of drug-likeness (QED) is 0.379. The summed E-state index contributed by atoms with van der Waals surface area (Å²) in [6.45, 7) is 12.0. The second-order valence-corrected chi connectivity index (χ2v) is 12.1. The number of nitrogens with one attached hydrogen (secondary N) is 1. The molecule has 1 aliphatic heterocycles. The van der Waals surface area contributed by atoms with Crippen LogP contribution in [0.15, 0.2) is 91.0 Å². The lowest BCUT2D eigenvalue weighted by Crippen LogP contribution is -3.00. The average molecular weight is 520 g/mol. The normalized spacial score (nSPS) is 16.2. The van der Waals surface area contributed by atoms with Gasteiger partial charge in [0.2, 0.25) is 7.56 Å². The molecule has 0 radical (unpaired) electrons. The molecule has 1 fully saturated rings. The van der Waals surface area contributed by atoms with Gasteiger partial charge in [-0.1, -0.05) is 61.5 Å². The van der Waals surface area contributed by atoms with Crippen LogP contribution < -0.4 is 28.1 Å². The Morgan fingerprint density at radius 2 is 1.33 bits per heavy atom. The summed E-state index contributed by atoms with van der Waals surface area (Å²) >= 11 is 0. The van der Waals surface area contributed by atoms with Gasteiger partial charge in [0.1, 0.15) is 11.0 Å². The molecule has 2 heterocycles. The summed E-state index contributed by atoms with van der Waals surface area (Å²) in [7, 11) is -2.24. The predicted octanol–water partition coefficient (Wildman–Crippen LogP) is 2.04. The van der Waals surface area contributed by atoms with Crippen molar-refractivity contribution < 1.29 is 12.4 Å². The lowest BCUT2D eigenvalue weighted by atomic mass is 10.3. The molecule has 1 aromatic heterocycles. The molecule has 0 bridgehead atoms. The van der Waals surface area contributed by atoms with Crippen LogP contribution in [0.3, 0.4) is 0 Å². The monoisotopic (exact) mass is 519 g/mol. The lowest BCUT2D eigenvalue weighted by Gasteiger charge is -2.41. The first-order chi connectivity index (χ1) is 17.1. The van der Waals surface area contributed by atoms with Gasteiger partial charge < -0.3 is 17.3 Å². The van der Waals surface area contributed by atoms with Crippen molar-refractivity contribution in [2.24, 2.45) is 0 Å². The number of aromatic nitrogens is 2. The van der Waals surface area contributed by atoms with Gasteiger partial charge >= 0.3 is 0 Å². The number of rotatable bonds is 7. The molecule has 0 spiro atoms. The maximum Gasteiger partial charge on any atom is 0.242 e. The third-order valence-electron chi connectivity index (χ3n) is 6.99. The molecule has 0 aliphatic carbocycles. The van der Waals surface area contributed by atoms with Crippen LogP contribution in [-0.2, 0) is 0 Å². The number of halogens is 1. The molecule has 36 heavy (non-hydrogen) atoms. The summed E-state index contributed by atoms with van der Waals surface area (Å²) in [6, 6.07) is 32.2. The van der Waals surface area contributed by atoms with Crippen LogP contribution >= 0.6 is 7.56 Å². The molecule has 3 aromatic carbocycles. The fourth-order valence-corrected chi connectivity index (χ4v) is 9.48. The first kappa shape index (κ1) is 26.4. The third kappa shape index (κ3) is 4.94. The summed E-state index contributed by atoms with van der Waals surface area (Å²) in [4.78, 5) is 2.55. The van der Waals surface area contributed by atoms with Crippen LogP contribution in [0, 0.1) is 13.8 Å². The molecular formula is C29H35ClN5P. The fourth-order valence-electron chi connectivity index (χ4n) is 5.25. The minimum absolute atomic E-state index is 0. The molecule has 188 valence electrons. The first-order valence-corrected chi connectivity index (χ1v) is 14.3. The number of benzene rings is 3. The van der Waals surface area contributed by atoms with E-state index in [9.17, 15) is 0 Å². The Labute approximate surface area is 222 Å². The van der Waals surface area contributed by atoms with E-state index in [1.807, 2.05) is 0 Å². The average Bonchev–Trinajstić information content (AvgIpc) is 3.23. The summed E-state index contributed by atoms with van der Waals surface area (Å²) < 4.78 is 4.85. The highest BCUT2D eigenvalue weighted by atomic mass is 35.5. The van der Waals surface area contributed by atoms with E-state index in [0.29, 0.717) is 0 Å². The van der Waals surface area contributed by atoms with Gasteiger partial charge in [0.15, 0.2) is 5.30 Å². The maximum absolute atomic E-state index is 5.11. The van der Waals surface area contributed by atoms with Crippen LogP contribution in [0.5, 0.6) is 0 Å². The van der Waals surface area contributed by atoms with Crippen molar-refractivity contribution in [3.63, 3.8) is 0 Å². The largest absolute Gasteiger partial charge is 1.00 e. The summed E-state index contributed by atoms with van der Waals surface area (Å²) in [5, 5.41) is 11.9. The summed E-state index contributed by atoms with van der Waals surface area (Å²) in [6.07, 6.45) is 0. The van der Waals surface area contributed by atoms with Gasteiger partial charge in [-0.15, -0.1) is 4.67 Å². The van der Waals surface area contributed by atoms with Gasteiger partial charge in [-0.3, -0.25) is 0 Å². The highest BCUT2D eigenvalue weighted by Gasteiger charge is 2.54. The number of piperazine rings is 1. The zero-order valence-electron chi connectivity index (χ0n) is 21.3. The molecule has 5 rings (SSSR count). The van der Waals surface area contributed by atoms with Crippen LogP contribution in [0.1, 0.15) is 18.3 Å². The minimum atomic E-state index is -2.24. The van der Waals surface area contributed by atoms with E-state index in [2.05, 4.69) is 131 Å². The lowest BCUT2D eigenvalue weighted by molar-refractivity contribution is -0.00000727. The van der Waals surface area contributed by atoms with Gasteiger partial charge in [-0.05, 0) is 56.8 Å². The molecule has 4 aromatic rings. The van der Waals surface area contributed by atoms with Crippen LogP contribution in [0.4, 0.5) is 5.69 Å². The third-order valence-corrected chi connectivity index (χ3v) is 11.2. The summed E-state index contributed by atoms with van der Waals surface area (Å²) in [5.74, 6) is 0. The Morgan fingerprint density at radius 1 is 0.778 bits per heavy atom. The second kappa shape index (κ2) is 11.6. The molecule has 1 N–H and O–H groups in total. The van der Waals surface area contributed by atoms with Gasteiger partial charge in [-0.25, -0.2) is 9.77 Å². The van der Waals surface area contributed by atoms with Crippen molar-refractivity contribution >= 4 is 23.9 Å². The van der Waals surface area contributed by atoms with Crippen molar-refractivity contribution in [1.82, 2.24) is 19.4 Å². The van der Waals surface area contributed by atoms with Gasteiger partial charge in [0.05, 0.1) is 17.1 Å². The highest BCUT2D eigenvalue weighted by molar-refractivity contribution is 7.88. The van der Waals surface area contributed by atoms with Gasteiger partial charge in [0, 0.05) is 26.2 Å². The molecule has 7 heteroatoms. The van der Waals surface area contributed by atoms with Gasteiger partial charge in [-0.2, -0.15) is 5.10 Å². The second-order valence-electron chi connectivity index (χ2n) is 9.10. The Morgan fingerprint density at radius 3 is 1.92 bits per heavy atom. The van der Waals surface area contributed by atoms with Crippen molar-refractivity contribution in [3.8, 4) is 5.69 Å². The van der Waals surface area contributed by atoms with Crippen molar-refractivity contribution in [1.29, 1.82) is 0 Å². The zero-order chi connectivity index (χ0) is 24.3. The molecule has 1 aliphatic rings. The minimum Gasteiger partial charge on any atom is -1.00 e. The maximum atomic E-state index is 5.11. The first-order valence-electron chi connectivity index (χ1n) is 12.5. The Hall–Kier alpha value is -2.69. The van der Waals surface area contributed by atoms with E-state index >= 15 is 0 Å². The smallest absolute Gasteiger partial charge is 0.242 e. The number of hydrogen-bond donors (Lipinski definition) is 1. The number of likely N-dealkylation sites (N-methyl/N-ethyl adjacent to an activating group) is 1. The van der Waals surface area contributed by atoms with Crippen molar-refractivity contribution in [2.45, 2.75) is 20.8 Å². The summed E-state index contributed by atoms with van der Waals surface area (Å²) in [5.41, 5.74) is 4.53. The Balaban J connectivity index is 0.00000304. The van der Waals surface area contributed by atoms with Crippen molar-refractivity contribution in [3.05, 3.63) is 102 Å². The highest BCUT2D eigenvalue weighted by Crippen LogP contribution is 2.60. The molecule has 1 saturated heterocycles. The van der Waals surface area contributed by atoms with Crippen LogP contribution in [0.2, 0.25) is 0 Å². The molecule has 0 amide bonds. The molecule has 1 unspecified atom stereocenters. The van der Waals surface area contributed by atoms with E-state index < -0.39 is 7.56 Å². The molecule has 5 nitrogen and oxygen atoms in total. The predicted molar refractivity (Wildman–Crippen MR) is 149 cm³/mol. The number of para-hydroxylation sites is 2. The SMILES string of the molecule is CCN1CCN([P+](Nc2ccccc2)(c2ccccc2)c2c(C)nn(-c3ccccc3)c2C)CC1.[Cl-]. The number of hydrogen-bond acceptors (Lipinski definition) is 4.